The number of carbonyl (C=O) groups is 2. The lowest BCUT2D eigenvalue weighted by Gasteiger charge is -2.36. The molecule has 8 heteroatoms. The number of hydrogen-bond acceptors (Lipinski definition) is 5. The fraction of sp³-hybridized carbons (Fsp3) is 0.300. The SMILES string of the molecule is O=C(NCC(=O)N1CCN(c2ccccc2F)CC1)c1ccc2c(c1)OCO2. The van der Waals surface area contributed by atoms with E-state index in [1.54, 1.807) is 41.3 Å². The van der Waals surface area contributed by atoms with Crippen molar-refractivity contribution < 1.29 is 23.5 Å². The van der Waals surface area contributed by atoms with E-state index in [1.165, 1.54) is 6.07 Å². The van der Waals surface area contributed by atoms with Gasteiger partial charge in [-0.15, -0.1) is 0 Å². The Hall–Kier alpha value is -3.29. The molecule has 0 spiro atoms. The van der Waals surface area contributed by atoms with Crippen molar-refractivity contribution in [3.8, 4) is 11.5 Å². The third-order valence-corrected chi connectivity index (χ3v) is 4.86. The summed E-state index contributed by atoms with van der Waals surface area (Å²) in [6, 6.07) is 11.5. The largest absolute Gasteiger partial charge is 0.454 e. The summed E-state index contributed by atoms with van der Waals surface area (Å²) < 4.78 is 24.4. The quantitative estimate of drug-likeness (QED) is 0.866. The molecule has 0 saturated carbocycles. The van der Waals surface area contributed by atoms with Crippen molar-refractivity contribution in [2.24, 2.45) is 0 Å². The molecule has 146 valence electrons. The first kappa shape index (κ1) is 18.1. The van der Waals surface area contributed by atoms with Crippen molar-refractivity contribution in [1.29, 1.82) is 0 Å². The van der Waals surface area contributed by atoms with Crippen LogP contribution in [-0.2, 0) is 4.79 Å². The standard InChI is InChI=1S/C20H20FN3O4/c21-15-3-1-2-4-16(15)23-7-9-24(10-8-23)19(25)12-22-20(26)14-5-6-17-18(11-14)28-13-27-17/h1-6,11H,7-10,12-13H2,(H,22,26). The van der Waals surface area contributed by atoms with Gasteiger partial charge in [0.1, 0.15) is 5.82 Å². The molecule has 2 aliphatic heterocycles. The van der Waals surface area contributed by atoms with Crippen LogP contribution in [0.15, 0.2) is 42.5 Å². The van der Waals surface area contributed by atoms with Crippen molar-refractivity contribution in [1.82, 2.24) is 10.2 Å². The Morgan fingerprint density at radius 3 is 2.54 bits per heavy atom. The van der Waals surface area contributed by atoms with Gasteiger partial charge in [-0.25, -0.2) is 4.39 Å². The van der Waals surface area contributed by atoms with E-state index in [-0.39, 0.29) is 31.0 Å². The van der Waals surface area contributed by atoms with Gasteiger partial charge in [0.15, 0.2) is 11.5 Å². The molecule has 2 heterocycles. The van der Waals surface area contributed by atoms with Gasteiger partial charge in [0.05, 0.1) is 12.2 Å². The molecule has 2 amide bonds. The smallest absolute Gasteiger partial charge is 0.251 e. The number of amides is 2. The highest BCUT2D eigenvalue weighted by Gasteiger charge is 2.23. The van der Waals surface area contributed by atoms with E-state index >= 15 is 0 Å². The van der Waals surface area contributed by atoms with E-state index in [9.17, 15) is 14.0 Å². The van der Waals surface area contributed by atoms with Crippen LogP contribution in [0.25, 0.3) is 0 Å². The van der Waals surface area contributed by atoms with Gasteiger partial charge in [-0.3, -0.25) is 9.59 Å². The number of benzene rings is 2. The van der Waals surface area contributed by atoms with Crippen LogP contribution in [-0.4, -0.2) is 56.2 Å². The number of fused-ring (bicyclic) bond motifs is 1. The molecule has 0 unspecified atom stereocenters. The van der Waals surface area contributed by atoms with Crippen LogP contribution in [0.3, 0.4) is 0 Å². The highest BCUT2D eigenvalue weighted by molar-refractivity contribution is 5.97. The van der Waals surface area contributed by atoms with Crippen LogP contribution >= 0.6 is 0 Å². The molecule has 0 aromatic heterocycles. The Morgan fingerprint density at radius 1 is 1.00 bits per heavy atom. The number of ether oxygens (including phenoxy) is 2. The summed E-state index contributed by atoms with van der Waals surface area (Å²) in [7, 11) is 0. The van der Waals surface area contributed by atoms with E-state index in [0.717, 1.165) is 0 Å². The number of piperazine rings is 1. The number of carbonyl (C=O) groups excluding carboxylic acids is 2. The molecule has 1 fully saturated rings. The molecule has 0 aliphatic carbocycles. The Labute approximate surface area is 161 Å². The summed E-state index contributed by atoms with van der Waals surface area (Å²) in [4.78, 5) is 28.3. The predicted octanol–water partition coefficient (Wildman–Crippen LogP) is 1.63. The summed E-state index contributed by atoms with van der Waals surface area (Å²) in [5.74, 6) is 0.334. The molecule has 4 rings (SSSR count). The normalized spacial score (nSPS) is 15.5. The lowest BCUT2D eigenvalue weighted by atomic mass is 10.2. The van der Waals surface area contributed by atoms with E-state index in [0.29, 0.717) is 48.9 Å². The van der Waals surface area contributed by atoms with Gasteiger partial charge in [-0.2, -0.15) is 0 Å². The van der Waals surface area contributed by atoms with Crippen LogP contribution < -0.4 is 19.7 Å². The van der Waals surface area contributed by atoms with Crippen molar-refractivity contribution >= 4 is 17.5 Å². The van der Waals surface area contributed by atoms with Gasteiger partial charge in [0, 0.05) is 31.7 Å². The molecule has 2 aliphatic rings. The van der Waals surface area contributed by atoms with Crippen LogP contribution in [0.5, 0.6) is 11.5 Å². The summed E-state index contributed by atoms with van der Waals surface area (Å²) >= 11 is 0. The number of halogens is 1. The molecule has 0 radical (unpaired) electrons. The first-order chi connectivity index (χ1) is 13.6. The molecule has 7 nitrogen and oxygen atoms in total. The Kier molecular flexibility index (Phi) is 5.01. The van der Waals surface area contributed by atoms with E-state index < -0.39 is 0 Å². The summed E-state index contributed by atoms with van der Waals surface area (Å²) in [5, 5.41) is 2.64. The van der Waals surface area contributed by atoms with E-state index in [1.807, 2.05) is 4.90 Å². The zero-order valence-corrected chi connectivity index (χ0v) is 15.2. The summed E-state index contributed by atoms with van der Waals surface area (Å²) in [6.45, 7) is 2.09. The maximum atomic E-state index is 13.9. The second-order valence-electron chi connectivity index (χ2n) is 6.57. The number of nitrogens with zero attached hydrogens (tertiary/aromatic N) is 2. The minimum Gasteiger partial charge on any atom is -0.454 e. The molecule has 1 saturated heterocycles. The van der Waals surface area contributed by atoms with Gasteiger partial charge >= 0.3 is 0 Å². The van der Waals surface area contributed by atoms with Crippen LogP contribution in [0.1, 0.15) is 10.4 Å². The molecular formula is C20H20FN3O4. The zero-order valence-electron chi connectivity index (χ0n) is 15.2. The molecule has 1 N–H and O–H groups in total. The third kappa shape index (κ3) is 3.71. The van der Waals surface area contributed by atoms with Crippen LogP contribution in [0.2, 0.25) is 0 Å². The van der Waals surface area contributed by atoms with Crippen molar-refractivity contribution in [3.05, 3.63) is 53.8 Å². The molecule has 0 bridgehead atoms. The summed E-state index contributed by atoms with van der Waals surface area (Å²) in [5.41, 5.74) is 0.951. The minimum absolute atomic E-state index is 0.0903. The molecular weight excluding hydrogens is 365 g/mol. The number of anilines is 1. The van der Waals surface area contributed by atoms with Crippen molar-refractivity contribution in [3.63, 3.8) is 0 Å². The predicted molar refractivity (Wildman–Crippen MR) is 100 cm³/mol. The molecule has 0 atom stereocenters. The van der Waals surface area contributed by atoms with Gasteiger partial charge in [-0.05, 0) is 30.3 Å². The lowest BCUT2D eigenvalue weighted by Crippen LogP contribution is -2.51. The molecule has 2 aromatic carbocycles. The van der Waals surface area contributed by atoms with Gasteiger partial charge in [0.25, 0.3) is 5.91 Å². The lowest BCUT2D eigenvalue weighted by molar-refractivity contribution is -0.130. The summed E-state index contributed by atoms with van der Waals surface area (Å²) in [6.07, 6.45) is 0. The van der Waals surface area contributed by atoms with Crippen molar-refractivity contribution in [2.75, 3.05) is 44.4 Å². The number of nitrogens with one attached hydrogen (secondary N) is 1. The fourth-order valence-corrected chi connectivity index (χ4v) is 3.31. The second kappa shape index (κ2) is 7.75. The second-order valence-corrected chi connectivity index (χ2v) is 6.57. The molecule has 2 aromatic rings. The molecule has 28 heavy (non-hydrogen) atoms. The number of para-hydroxylation sites is 1. The third-order valence-electron chi connectivity index (χ3n) is 4.86. The topological polar surface area (TPSA) is 71.1 Å². The average Bonchev–Trinajstić information content (AvgIpc) is 3.20. The van der Waals surface area contributed by atoms with E-state index in [2.05, 4.69) is 5.32 Å². The van der Waals surface area contributed by atoms with Gasteiger partial charge in [-0.1, -0.05) is 12.1 Å². The zero-order chi connectivity index (χ0) is 19.5. The van der Waals surface area contributed by atoms with Crippen LogP contribution in [0, 0.1) is 5.82 Å². The Balaban J connectivity index is 1.28. The van der Waals surface area contributed by atoms with Crippen LogP contribution in [0.4, 0.5) is 10.1 Å². The highest BCUT2D eigenvalue weighted by Crippen LogP contribution is 2.32. The Morgan fingerprint density at radius 2 is 1.75 bits per heavy atom. The van der Waals surface area contributed by atoms with E-state index in [4.69, 9.17) is 9.47 Å². The Bertz CT molecular complexity index is 897. The fourth-order valence-electron chi connectivity index (χ4n) is 3.31. The first-order valence-electron chi connectivity index (χ1n) is 9.07. The van der Waals surface area contributed by atoms with Gasteiger partial charge in [0.2, 0.25) is 12.7 Å². The number of rotatable bonds is 4. The maximum Gasteiger partial charge on any atom is 0.251 e. The highest BCUT2D eigenvalue weighted by atomic mass is 19.1. The maximum absolute atomic E-state index is 13.9. The van der Waals surface area contributed by atoms with Gasteiger partial charge < -0.3 is 24.6 Å². The monoisotopic (exact) mass is 385 g/mol. The average molecular weight is 385 g/mol. The van der Waals surface area contributed by atoms with Crippen molar-refractivity contribution in [2.45, 2.75) is 0 Å². The number of hydrogen-bond donors (Lipinski definition) is 1. The minimum atomic E-state index is -0.350. The first-order valence-corrected chi connectivity index (χ1v) is 9.07.